The van der Waals surface area contributed by atoms with Gasteiger partial charge in [-0.15, -0.1) is 0 Å². The van der Waals surface area contributed by atoms with Gasteiger partial charge in [0.1, 0.15) is 11.4 Å². The van der Waals surface area contributed by atoms with E-state index in [1.54, 1.807) is 11.9 Å². The first-order valence-corrected chi connectivity index (χ1v) is 8.19. The van der Waals surface area contributed by atoms with Gasteiger partial charge >= 0.3 is 0 Å². The fourth-order valence-corrected chi connectivity index (χ4v) is 4.09. The molecule has 2 aliphatic rings. The fraction of sp³-hybridized carbons (Fsp3) is 0.583. The summed E-state index contributed by atoms with van der Waals surface area (Å²) in [5.41, 5.74) is 0.770. The molecule has 1 unspecified atom stereocenters. The van der Waals surface area contributed by atoms with E-state index in [1.165, 1.54) is 0 Å². The Kier molecular flexibility index (Phi) is 3.74. The largest absolute Gasteiger partial charge is 0.611 e. The summed E-state index contributed by atoms with van der Waals surface area (Å²) in [6.45, 7) is 0.613. The number of rotatable bonds is 2. The third-order valence-electron chi connectivity index (χ3n) is 3.63. The molecule has 0 aliphatic carbocycles. The Bertz CT molecular complexity index is 557. The lowest BCUT2D eigenvalue weighted by atomic mass is 10.1. The Morgan fingerprint density at radius 1 is 1.45 bits per heavy atom. The summed E-state index contributed by atoms with van der Waals surface area (Å²) < 4.78 is 12.0. The lowest BCUT2D eigenvalue weighted by Crippen LogP contribution is -2.43. The van der Waals surface area contributed by atoms with E-state index in [9.17, 15) is 9.35 Å². The molecule has 1 amide bonds. The number of nitrogens with one attached hydrogen (secondary N) is 1. The maximum absolute atomic E-state index is 12.0. The first kappa shape index (κ1) is 13.9. The van der Waals surface area contributed by atoms with Crippen molar-refractivity contribution in [2.24, 2.45) is 0 Å². The summed E-state index contributed by atoms with van der Waals surface area (Å²) in [6, 6.07) is 0.102. The van der Waals surface area contributed by atoms with E-state index in [2.05, 4.69) is 15.3 Å². The second-order valence-electron chi connectivity index (χ2n) is 5.07. The predicted octanol–water partition coefficient (Wildman–Crippen LogP) is 0.826. The van der Waals surface area contributed by atoms with Crippen LogP contribution >= 0.6 is 11.6 Å². The number of likely N-dealkylation sites (N-methyl/N-ethyl adjacent to an activating group) is 1. The van der Waals surface area contributed by atoms with Crippen molar-refractivity contribution in [3.8, 4) is 0 Å². The van der Waals surface area contributed by atoms with Crippen LogP contribution in [0.3, 0.4) is 0 Å². The van der Waals surface area contributed by atoms with Gasteiger partial charge in [-0.1, -0.05) is 0 Å². The van der Waals surface area contributed by atoms with Gasteiger partial charge in [0.05, 0.1) is 0 Å². The van der Waals surface area contributed by atoms with Crippen molar-refractivity contribution in [2.45, 2.75) is 30.2 Å². The first-order valence-electron chi connectivity index (χ1n) is 6.50. The molecule has 3 rings (SSSR count). The average Bonchev–Trinajstić information content (AvgIpc) is 2.75. The SMILES string of the molecule is CN1C[C@@H](Nc2nc(Cl)nc3c2[S+]([O-])CC3)CCC1=O. The van der Waals surface area contributed by atoms with E-state index in [0.717, 1.165) is 12.1 Å². The van der Waals surface area contributed by atoms with Gasteiger partial charge in [0.2, 0.25) is 16.1 Å². The van der Waals surface area contributed by atoms with Gasteiger partial charge in [0, 0.05) is 32.5 Å². The van der Waals surface area contributed by atoms with Crippen LogP contribution in [-0.2, 0) is 22.4 Å². The Hall–Kier alpha value is -1.05. The number of fused-ring (bicyclic) bond motifs is 1. The maximum Gasteiger partial charge on any atom is 0.224 e. The molecule has 1 aromatic heterocycles. The van der Waals surface area contributed by atoms with Crippen molar-refractivity contribution in [3.05, 3.63) is 11.0 Å². The topological polar surface area (TPSA) is 81.2 Å². The van der Waals surface area contributed by atoms with Crippen molar-refractivity contribution in [2.75, 3.05) is 24.7 Å². The molecule has 108 valence electrons. The number of nitrogens with zero attached hydrogens (tertiary/aromatic N) is 3. The Morgan fingerprint density at radius 2 is 2.25 bits per heavy atom. The molecule has 1 fully saturated rings. The number of hydrogen-bond acceptors (Lipinski definition) is 5. The van der Waals surface area contributed by atoms with Gasteiger partial charge in [0.15, 0.2) is 5.82 Å². The molecular formula is C12H15ClN4O2S. The summed E-state index contributed by atoms with van der Waals surface area (Å²) in [4.78, 5) is 22.2. The number of anilines is 1. The van der Waals surface area contributed by atoms with Crippen molar-refractivity contribution in [1.29, 1.82) is 0 Å². The highest BCUT2D eigenvalue weighted by Crippen LogP contribution is 2.32. The quantitative estimate of drug-likeness (QED) is 0.646. The molecular weight excluding hydrogens is 300 g/mol. The van der Waals surface area contributed by atoms with Crippen molar-refractivity contribution >= 4 is 34.5 Å². The molecule has 8 heteroatoms. The molecule has 1 aromatic rings. The number of piperidine rings is 1. The van der Waals surface area contributed by atoms with Gasteiger partial charge < -0.3 is 14.8 Å². The normalized spacial score (nSPS) is 25.8. The molecule has 0 saturated carbocycles. The Morgan fingerprint density at radius 3 is 3.00 bits per heavy atom. The molecule has 1 saturated heterocycles. The molecule has 1 N–H and O–H groups in total. The van der Waals surface area contributed by atoms with E-state index in [1.807, 2.05) is 0 Å². The van der Waals surface area contributed by atoms with Crippen LogP contribution in [0.4, 0.5) is 5.82 Å². The zero-order valence-corrected chi connectivity index (χ0v) is 12.6. The second-order valence-corrected chi connectivity index (χ2v) is 6.92. The van der Waals surface area contributed by atoms with Crippen molar-refractivity contribution < 1.29 is 9.35 Å². The van der Waals surface area contributed by atoms with Crippen LogP contribution in [0.25, 0.3) is 0 Å². The molecule has 0 spiro atoms. The van der Waals surface area contributed by atoms with Gasteiger partial charge in [-0.3, -0.25) is 4.79 Å². The van der Waals surface area contributed by atoms with Crippen LogP contribution in [0.5, 0.6) is 0 Å². The van der Waals surface area contributed by atoms with Crippen LogP contribution in [0, 0.1) is 0 Å². The molecule has 2 aliphatic heterocycles. The number of carbonyl (C=O) groups excluding carboxylic acids is 1. The minimum absolute atomic E-state index is 0.102. The third-order valence-corrected chi connectivity index (χ3v) is 5.26. The number of likely N-dealkylation sites (tertiary alicyclic amines) is 1. The summed E-state index contributed by atoms with van der Waals surface area (Å²) in [5.74, 6) is 1.28. The lowest BCUT2D eigenvalue weighted by Gasteiger charge is -2.30. The third kappa shape index (κ3) is 2.57. The maximum atomic E-state index is 12.0. The molecule has 3 heterocycles. The zero-order valence-electron chi connectivity index (χ0n) is 11.1. The van der Waals surface area contributed by atoms with E-state index in [4.69, 9.17) is 11.6 Å². The number of amides is 1. The van der Waals surface area contributed by atoms with Crippen LogP contribution < -0.4 is 5.32 Å². The second kappa shape index (κ2) is 5.38. The van der Waals surface area contributed by atoms with E-state index in [0.29, 0.717) is 35.9 Å². The number of halogens is 1. The Labute approximate surface area is 125 Å². The van der Waals surface area contributed by atoms with Crippen molar-refractivity contribution in [1.82, 2.24) is 14.9 Å². The molecule has 2 atom stereocenters. The molecule has 0 bridgehead atoms. The van der Waals surface area contributed by atoms with Crippen LogP contribution in [-0.4, -0.2) is 50.7 Å². The van der Waals surface area contributed by atoms with Gasteiger partial charge in [-0.05, 0) is 29.2 Å². The molecule has 20 heavy (non-hydrogen) atoms. The van der Waals surface area contributed by atoms with Gasteiger partial charge in [0.25, 0.3) is 0 Å². The smallest absolute Gasteiger partial charge is 0.224 e. The molecule has 0 aromatic carbocycles. The average molecular weight is 315 g/mol. The van der Waals surface area contributed by atoms with E-state index in [-0.39, 0.29) is 17.2 Å². The number of hydrogen-bond donors (Lipinski definition) is 1. The number of aryl methyl sites for hydroxylation is 1. The summed E-state index contributed by atoms with van der Waals surface area (Å²) in [5, 5.41) is 3.45. The fourth-order valence-electron chi connectivity index (χ4n) is 2.59. The van der Waals surface area contributed by atoms with Crippen LogP contribution in [0.2, 0.25) is 5.28 Å². The number of carbonyl (C=O) groups is 1. The zero-order chi connectivity index (χ0) is 14.3. The highest BCUT2D eigenvalue weighted by Gasteiger charge is 2.33. The van der Waals surface area contributed by atoms with Gasteiger partial charge in [-0.25, -0.2) is 4.98 Å². The number of aromatic nitrogens is 2. The van der Waals surface area contributed by atoms with Gasteiger partial charge in [-0.2, -0.15) is 4.98 Å². The summed E-state index contributed by atoms with van der Waals surface area (Å²) >= 11 is 4.86. The van der Waals surface area contributed by atoms with Crippen molar-refractivity contribution in [3.63, 3.8) is 0 Å². The Balaban J connectivity index is 1.83. The van der Waals surface area contributed by atoms with E-state index >= 15 is 0 Å². The van der Waals surface area contributed by atoms with Crippen LogP contribution in [0.1, 0.15) is 18.5 Å². The van der Waals surface area contributed by atoms with Crippen LogP contribution in [0.15, 0.2) is 4.90 Å². The summed E-state index contributed by atoms with van der Waals surface area (Å²) in [6.07, 6.45) is 1.92. The highest BCUT2D eigenvalue weighted by molar-refractivity contribution is 7.91. The minimum Gasteiger partial charge on any atom is -0.611 e. The molecule has 0 radical (unpaired) electrons. The van der Waals surface area contributed by atoms with E-state index < -0.39 is 11.2 Å². The standard InChI is InChI=1S/C12H15ClN4O2S/c1-17-6-7(2-3-9(17)18)14-11-10-8(4-5-20(10)19)15-12(13)16-11/h7H,2-6H2,1H3,(H,14,15,16)/t7-,20?/m0/s1. The molecule has 6 nitrogen and oxygen atoms in total. The highest BCUT2D eigenvalue weighted by atomic mass is 35.5. The first-order chi connectivity index (χ1) is 9.54. The predicted molar refractivity (Wildman–Crippen MR) is 76.3 cm³/mol. The lowest BCUT2D eigenvalue weighted by molar-refractivity contribution is -0.132. The minimum atomic E-state index is -1.06. The summed E-state index contributed by atoms with van der Waals surface area (Å²) in [7, 11) is 1.78. The monoisotopic (exact) mass is 314 g/mol.